The Morgan fingerprint density at radius 1 is 1.20 bits per heavy atom. The standard InChI is InChI=1S/C6H8O4/c7-3-5-4-2(1-8-5)9-6(3)10-4/h2-7H,1H2/t2-,3-,4+,5+,6-/m1/s1. The maximum atomic E-state index is 9.33. The van der Waals surface area contributed by atoms with Crippen molar-refractivity contribution in [2.45, 2.75) is 30.7 Å². The molecule has 3 saturated heterocycles. The summed E-state index contributed by atoms with van der Waals surface area (Å²) < 4.78 is 15.8. The van der Waals surface area contributed by atoms with Gasteiger partial charge in [-0.1, -0.05) is 0 Å². The molecule has 2 bridgehead atoms. The highest BCUT2D eigenvalue weighted by atomic mass is 16.8. The summed E-state index contributed by atoms with van der Waals surface area (Å²) in [6.07, 6.45) is -1.02. The number of hydrogen-bond acceptors (Lipinski definition) is 4. The van der Waals surface area contributed by atoms with Crippen LogP contribution in [0.5, 0.6) is 0 Å². The van der Waals surface area contributed by atoms with E-state index in [4.69, 9.17) is 14.2 Å². The molecule has 0 aromatic heterocycles. The molecule has 3 aliphatic rings. The molecule has 3 rings (SSSR count). The van der Waals surface area contributed by atoms with Gasteiger partial charge >= 0.3 is 0 Å². The van der Waals surface area contributed by atoms with E-state index in [1.807, 2.05) is 0 Å². The number of aliphatic hydroxyl groups excluding tert-OH is 1. The zero-order chi connectivity index (χ0) is 6.72. The van der Waals surface area contributed by atoms with Gasteiger partial charge in [0.1, 0.15) is 24.4 Å². The molecule has 3 fully saturated rings. The van der Waals surface area contributed by atoms with Crippen molar-refractivity contribution in [3.05, 3.63) is 0 Å². The first-order valence-corrected chi connectivity index (χ1v) is 3.47. The van der Waals surface area contributed by atoms with Crippen LogP contribution in [0, 0.1) is 0 Å². The highest BCUT2D eigenvalue weighted by Gasteiger charge is 2.59. The van der Waals surface area contributed by atoms with Gasteiger partial charge < -0.3 is 19.3 Å². The minimum Gasteiger partial charge on any atom is -0.385 e. The van der Waals surface area contributed by atoms with Crippen molar-refractivity contribution in [2.75, 3.05) is 6.61 Å². The van der Waals surface area contributed by atoms with E-state index < -0.39 is 12.4 Å². The normalized spacial score (nSPS) is 63.9. The summed E-state index contributed by atoms with van der Waals surface area (Å²) in [7, 11) is 0. The Bertz CT molecular complexity index is 169. The topological polar surface area (TPSA) is 47.9 Å². The van der Waals surface area contributed by atoms with E-state index in [2.05, 4.69) is 0 Å². The van der Waals surface area contributed by atoms with Crippen molar-refractivity contribution in [1.29, 1.82) is 0 Å². The third kappa shape index (κ3) is 0.441. The smallest absolute Gasteiger partial charge is 0.187 e. The molecule has 0 amide bonds. The average molecular weight is 144 g/mol. The number of rotatable bonds is 0. The molecule has 3 aliphatic heterocycles. The van der Waals surface area contributed by atoms with Crippen molar-refractivity contribution < 1.29 is 19.3 Å². The van der Waals surface area contributed by atoms with Crippen LogP contribution in [0.3, 0.4) is 0 Å². The minimum absolute atomic E-state index is 0.000000000000000222. The maximum Gasteiger partial charge on any atom is 0.187 e. The van der Waals surface area contributed by atoms with Gasteiger partial charge in [0.25, 0.3) is 0 Å². The number of ether oxygens (including phenoxy) is 3. The van der Waals surface area contributed by atoms with Gasteiger partial charge in [-0.15, -0.1) is 0 Å². The van der Waals surface area contributed by atoms with Crippen LogP contribution in [0.2, 0.25) is 0 Å². The molecule has 4 heteroatoms. The van der Waals surface area contributed by atoms with Crippen LogP contribution in [-0.4, -0.2) is 42.4 Å². The van der Waals surface area contributed by atoms with Crippen molar-refractivity contribution in [3.8, 4) is 0 Å². The number of hydrogen-bond donors (Lipinski definition) is 1. The lowest BCUT2D eigenvalue weighted by Crippen LogP contribution is -2.39. The second-order valence-electron chi connectivity index (χ2n) is 2.93. The van der Waals surface area contributed by atoms with E-state index >= 15 is 0 Å². The summed E-state index contributed by atoms with van der Waals surface area (Å²) in [6, 6.07) is 0. The molecule has 3 heterocycles. The first kappa shape index (κ1) is 5.49. The van der Waals surface area contributed by atoms with E-state index in [1.165, 1.54) is 0 Å². The first-order chi connectivity index (χ1) is 4.86. The van der Waals surface area contributed by atoms with Crippen LogP contribution in [0.4, 0.5) is 0 Å². The van der Waals surface area contributed by atoms with E-state index in [0.29, 0.717) is 6.61 Å². The Morgan fingerprint density at radius 2 is 2.10 bits per heavy atom. The molecular weight excluding hydrogens is 136 g/mol. The van der Waals surface area contributed by atoms with Gasteiger partial charge in [0.05, 0.1) is 6.61 Å². The molecule has 0 aliphatic carbocycles. The molecule has 0 radical (unpaired) electrons. The fourth-order valence-electron chi connectivity index (χ4n) is 1.86. The first-order valence-electron chi connectivity index (χ1n) is 3.47. The van der Waals surface area contributed by atoms with Crippen molar-refractivity contribution in [3.63, 3.8) is 0 Å². The minimum atomic E-state index is -0.566. The summed E-state index contributed by atoms with van der Waals surface area (Å²) in [6.45, 7) is 0.572. The Balaban J connectivity index is 2.00. The van der Waals surface area contributed by atoms with E-state index in [9.17, 15) is 5.11 Å². The second kappa shape index (κ2) is 1.53. The molecule has 10 heavy (non-hydrogen) atoms. The molecule has 4 nitrogen and oxygen atoms in total. The highest BCUT2D eigenvalue weighted by molar-refractivity contribution is 5.02. The summed E-state index contributed by atoms with van der Waals surface area (Å²) in [5, 5.41) is 9.33. The SMILES string of the molecule is O[C@H]1[C@H]2O[C@@H]3[C@H]1OC[C@H]3O2. The van der Waals surface area contributed by atoms with Crippen molar-refractivity contribution >= 4 is 0 Å². The lowest BCUT2D eigenvalue weighted by Gasteiger charge is -2.17. The summed E-state index contributed by atoms with van der Waals surface area (Å²) in [5.41, 5.74) is 0. The fraction of sp³-hybridized carbons (Fsp3) is 1.00. The second-order valence-corrected chi connectivity index (χ2v) is 2.93. The Morgan fingerprint density at radius 3 is 2.80 bits per heavy atom. The average Bonchev–Trinajstić information content (AvgIpc) is 2.43. The molecule has 0 spiro atoms. The Kier molecular flexibility index (Phi) is 0.840. The predicted octanol–water partition coefficient (Wildman–Crippen LogP) is -1.13. The zero-order valence-electron chi connectivity index (χ0n) is 5.27. The number of aliphatic hydroxyl groups is 1. The Labute approximate surface area is 57.7 Å². The lowest BCUT2D eigenvalue weighted by atomic mass is 10.1. The third-order valence-corrected chi connectivity index (χ3v) is 2.36. The van der Waals surface area contributed by atoms with Gasteiger partial charge in [-0.3, -0.25) is 0 Å². The number of fused-ring (bicyclic) bond motifs is 1. The van der Waals surface area contributed by atoms with Gasteiger partial charge in [-0.2, -0.15) is 0 Å². The van der Waals surface area contributed by atoms with E-state index in [1.54, 1.807) is 0 Å². The van der Waals surface area contributed by atoms with Gasteiger partial charge in [-0.25, -0.2) is 0 Å². The molecule has 0 aromatic carbocycles. The monoisotopic (exact) mass is 144 g/mol. The largest absolute Gasteiger partial charge is 0.385 e. The summed E-state index contributed by atoms with van der Waals surface area (Å²) in [4.78, 5) is 0. The third-order valence-electron chi connectivity index (χ3n) is 2.36. The molecular formula is C6H8O4. The molecule has 1 N–H and O–H groups in total. The predicted molar refractivity (Wildman–Crippen MR) is 29.3 cm³/mol. The fourth-order valence-corrected chi connectivity index (χ4v) is 1.86. The highest BCUT2D eigenvalue weighted by Crippen LogP contribution is 2.40. The molecule has 0 unspecified atom stereocenters. The van der Waals surface area contributed by atoms with Crippen LogP contribution < -0.4 is 0 Å². The maximum absolute atomic E-state index is 9.33. The van der Waals surface area contributed by atoms with Crippen LogP contribution in [-0.2, 0) is 14.2 Å². The van der Waals surface area contributed by atoms with Gasteiger partial charge in [0.2, 0.25) is 0 Å². The van der Waals surface area contributed by atoms with Gasteiger partial charge in [0.15, 0.2) is 6.29 Å². The van der Waals surface area contributed by atoms with E-state index in [-0.39, 0.29) is 18.3 Å². The molecule has 5 atom stereocenters. The van der Waals surface area contributed by atoms with Crippen LogP contribution in [0.1, 0.15) is 0 Å². The van der Waals surface area contributed by atoms with Crippen LogP contribution in [0.15, 0.2) is 0 Å². The van der Waals surface area contributed by atoms with Gasteiger partial charge in [0, 0.05) is 0 Å². The van der Waals surface area contributed by atoms with Gasteiger partial charge in [-0.05, 0) is 0 Å². The zero-order valence-corrected chi connectivity index (χ0v) is 5.27. The summed E-state index contributed by atoms with van der Waals surface area (Å²) >= 11 is 0. The molecule has 56 valence electrons. The van der Waals surface area contributed by atoms with E-state index in [0.717, 1.165) is 0 Å². The van der Waals surface area contributed by atoms with Crippen LogP contribution in [0.25, 0.3) is 0 Å². The van der Waals surface area contributed by atoms with Crippen molar-refractivity contribution in [2.24, 2.45) is 0 Å². The Hall–Kier alpha value is -0.160. The van der Waals surface area contributed by atoms with Crippen molar-refractivity contribution in [1.82, 2.24) is 0 Å². The quantitative estimate of drug-likeness (QED) is 0.467. The summed E-state index contributed by atoms with van der Waals surface area (Å²) in [5.74, 6) is 0. The molecule has 0 aromatic rings. The molecule has 0 saturated carbocycles. The lowest BCUT2D eigenvalue weighted by molar-refractivity contribution is -0.104. The van der Waals surface area contributed by atoms with Crippen LogP contribution >= 0.6 is 0 Å².